The van der Waals surface area contributed by atoms with Gasteiger partial charge in [0.25, 0.3) is 0 Å². The molecule has 0 radical (unpaired) electrons. The standard InChI is InChI=1S/C48H35N/c1-5-13-34(14-6-1)39-21-23-41-31-42-24-22-40(35-15-7-2-8-16-35)33-45(42)48(44(41)32-39)38-25-27-43(28-26-38)49-46(36-17-9-3-10-18-36)29-30-47(49)37-19-11-4-12-20-37/h1-3,5-11,13-33H,4,12H2. The Labute approximate surface area is 287 Å². The van der Waals surface area contributed by atoms with Gasteiger partial charge in [-0.25, -0.2) is 0 Å². The van der Waals surface area contributed by atoms with Gasteiger partial charge in [0.2, 0.25) is 0 Å². The van der Waals surface area contributed by atoms with Crippen LogP contribution in [0.15, 0.2) is 188 Å². The Kier molecular flexibility index (Phi) is 7.37. The molecule has 0 amide bonds. The summed E-state index contributed by atoms with van der Waals surface area (Å²) in [5.74, 6) is 0. The van der Waals surface area contributed by atoms with Crippen molar-refractivity contribution in [2.45, 2.75) is 12.8 Å². The molecular formula is C48H35N. The molecule has 1 heterocycles. The molecule has 7 aromatic carbocycles. The van der Waals surface area contributed by atoms with Crippen LogP contribution in [0.5, 0.6) is 0 Å². The summed E-state index contributed by atoms with van der Waals surface area (Å²) < 4.78 is 2.42. The van der Waals surface area contributed by atoms with Crippen LogP contribution in [-0.2, 0) is 0 Å². The lowest BCUT2D eigenvalue weighted by atomic mass is 9.88. The number of hydrogen-bond acceptors (Lipinski definition) is 0. The van der Waals surface area contributed by atoms with Crippen molar-refractivity contribution in [2.24, 2.45) is 0 Å². The lowest BCUT2D eigenvalue weighted by Gasteiger charge is -2.18. The molecule has 1 heteroatoms. The average molecular weight is 626 g/mol. The zero-order chi connectivity index (χ0) is 32.6. The van der Waals surface area contributed by atoms with E-state index in [1.807, 2.05) is 0 Å². The Bertz CT molecular complexity index is 2400. The molecule has 0 atom stereocenters. The molecule has 0 saturated heterocycles. The first-order valence-electron chi connectivity index (χ1n) is 17.2. The van der Waals surface area contributed by atoms with Crippen molar-refractivity contribution in [1.82, 2.24) is 4.57 Å². The van der Waals surface area contributed by atoms with Crippen LogP contribution in [0.4, 0.5) is 0 Å². The second-order valence-corrected chi connectivity index (χ2v) is 12.8. The highest BCUT2D eigenvalue weighted by atomic mass is 15.0. The lowest BCUT2D eigenvalue weighted by Crippen LogP contribution is -2.02. The van der Waals surface area contributed by atoms with E-state index in [-0.39, 0.29) is 0 Å². The van der Waals surface area contributed by atoms with Crippen molar-refractivity contribution in [2.75, 3.05) is 0 Å². The van der Waals surface area contributed by atoms with Crippen LogP contribution in [0.25, 0.3) is 77.4 Å². The zero-order valence-electron chi connectivity index (χ0n) is 27.3. The van der Waals surface area contributed by atoms with E-state index in [1.54, 1.807) is 0 Å². The number of fused-ring (bicyclic) bond motifs is 2. The molecule has 1 aliphatic rings. The topological polar surface area (TPSA) is 4.93 Å². The highest BCUT2D eigenvalue weighted by Crippen LogP contribution is 2.41. The molecule has 9 rings (SSSR count). The Balaban J connectivity index is 1.25. The maximum atomic E-state index is 2.42. The van der Waals surface area contributed by atoms with E-state index < -0.39 is 0 Å². The van der Waals surface area contributed by atoms with Gasteiger partial charge in [-0.2, -0.15) is 0 Å². The molecule has 0 bridgehead atoms. The number of benzene rings is 7. The minimum absolute atomic E-state index is 1.07. The number of aromatic nitrogens is 1. The molecule has 8 aromatic rings. The highest BCUT2D eigenvalue weighted by molar-refractivity contribution is 6.14. The molecule has 1 nitrogen and oxygen atoms in total. The van der Waals surface area contributed by atoms with Gasteiger partial charge in [-0.05, 0) is 121 Å². The smallest absolute Gasteiger partial charge is 0.0535 e. The van der Waals surface area contributed by atoms with E-state index in [2.05, 4.69) is 193 Å². The molecule has 232 valence electrons. The van der Waals surface area contributed by atoms with E-state index in [0.717, 1.165) is 18.5 Å². The van der Waals surface area contributed by atoms with Crippen molar-refractivity contribution in [3.8, 4) is 50.3 Å². The zero-order valence-corrected chi connectivity index (χ0v) is 27.3. The predicted molar refractivity (Wildman–Crippen MR) is 209 cm³/mol. The number of hydrogen-bond donors (Lipinski definition) is 0. The van der Waals surface area contributed by atoms with E-state index >= 15 is 0 Å². The summed E-state index contributed by atoms with van der Waals surface area (Å²) in [6, 6.07) is 62.0. The Morgan fingerprint density at radius 3 is 1.47 bits per heavy atom. The average Bonchev–Trinajstić information content (AvgIpc) is 3.63. The van der Waals surface area contributed by atoms with Gasteiger partial charge in [0.05, 0.1) is 11.4 Å². The van der Waals surface area contributed by atoms with Crippen molar-refractivity contribution >= 4 is 27.1 Å². The number of allylic oxidation sites excluding steroid dienone is 4. The van der Waals surface area contributed by atoms with E-state index in [9.17, 15) is 0 Å². The first-order valence-corrected chi connectivity index (χ1v) is 17.2. The van der Waals surface area contributed by atoms with Gasteiger partial charge in [0.1, 0.15) is 0 Å². The van der Waals surface area contributed by atoms with Crippen molar-refractivity contribution in [1.29, 1.82) is 0 Å². The summed E-state index contributed by atoms with van der Waals surface area (Å²) in [5.41, 5.74) is 13.4. The second-order valence-electron chi connectivity index (χ2n) is 12.8. The van der Waals surface area contributed by atoms with Gasteiger partial charge in [0.15, 0.2) is 0 Å². The first-order chi connectivity index (χ1) is 24.3. The normalized spacial score (nSPS) is 12.8. The van der Waals surface area contributed by atoms with Crippen molar-refractivity contribution < 1.29 is 0 Å². The largest absolute Gasteiger partial charge is 0.309 e. The molecule has 0 N–H and O–H groups in total. The summed E-state index contributed by atoms with van der Waals surface area (Å²) in [5, 5.41) is 5.01. The molecule has 0 fully saturated rings. The van der Waals surface area contributed by atoms with Gasteiger partial charge in [-0.1, -0.05) is 146 Å². The van der Waals surface area contributed by atoms with Crippen LogP contribution in [0.3, 0.4) is 0 Å². The summed E-state index contributed by atoms with van der Waals surface area (Å²) in [6.07, 6.45) is 9.10. The third-order valence-electron chi connectivity index (χ3n) is 9.83. The Hall–Kier alpha value is -6.18. The fourth-order valence-corrected chi connectivity index (χ4v) is 7.40. The number of nitrogens with zero attached hydrogens (tertiary/aromatic N) is 1. The molecule has 49 heavy (non-hydrogen) atoms. The molecule has 0 spiro atoms. The van der Waals surface area contributed by atoms with Gasteiger partial charge >= 0.3 is 0 Å². The van der Waals surface area contributed by atoms with E-state index in [4.69, 9.17) is 0 Å². The Morgan fingerprint density at radius 1 is 0.388 bits per heavy atom. The molecule has 0 unspecified atom stereocenters. The fourth-order valence-electron chi connectivity index (χ4n) is 7.40. The maximum Gasteiger partial charge on any atom is 0.0535 e. The highest BCUT2D eigenvalue weighted by Gasteiger charge is 2.17. The van der Waals surface area contributed by atoms with Gasteiger partial charge < -0.3 is 4.57 Å². The van der Waals surface area contributed by atoms with Crippen molar-refractivity contribution in [3.63, 3.8) is 0 Å². The molecule has 0 aliphatic heterocycles. The van der Waals surface area contributed by atoms with Crippen molar-refractivity contribution in [3.05, 3.63) is 194 Å². The molecule has 0 saturated carbocycles. The van der Waals surface area contributed by atoms with Crippen LogP contribution < -0.4 is 0 Å². The minimum Gasteiger partial charge on any atom is -0.309 e. The molecular weight excluding hydrogens is 591 g/mol. The van der Waals surface area contributed by atoms with Gasteiger partial charge in [-0.3, -0.25) is 0 Å². The fraction of sp³-hybridized carbons (Fsp3) is 0.0417. The van der Waals surface area contributed by atoms with Gasteiger partial charge in [-0.15, -0.1) is 0 Å². The monoisotopic (exact) mass is 625 g/mol. The van der Waals surface area contributed by atoms with Crippen LogP contribution in [-0.4, -0.2) is 4.57 Å². The summed E-state index contributed by atoms with van der Waals surface area (Å²) in [7, 11) is 0. The lowest BCUT2D eigenvalue weighted by molar-refractivity contribution is 1.02. The maximum absolute atomic E-state index is 2.42. The van der Waals surface area contributed by atoms with Crippen LogP contribution >= 0.6 is 0 Å². The van der Waals surface area contributed by atoms with Gasteiger partial charge in [0, 0.05) is 5.69 Å². The minimum atomic E-state index is 1.07. The summed E-state index contributed by atoms with van der Waals surface area (Å²) in [4.78, 5) is 0. The Morgan fingerprint density at radius 2 is 0.918 bits per heavy atom. The molecule has 1 aromatic heterocycles. The predicted octanol–water partition coefficient (Wildman–Crippen LogP) is 13.2. The number of rotatable bonds is 6. The third-order valence-corrected chi connectivity index (χ3v) is 9.83. The summed E-state index contributed by atoms with van der Waals surface area (Å²) >= 11 is 0. The van der Waals surface area contributed by atoms with Crippen LogP contribution in [0.1, 0.15) is 18.5 Å². The van der Waals surface area contributed by atoms with Crippen LogP contribution in [0, 0.1) is 0 Å². The van der Waals surface area contributed by atoms with E-state index in [1.165, 1.54) is 77.5 Å². The SMILES string of the molecule is C1=CC(c2ccc(-c3ccccc3)n2-c2ccc(-c3c4cc(-c5ccccc5)ccc4cc4ccc(-c5ccccc5)cc34)cc2)=CCC1. The second kappa shape index (κ2) is 12.4. The van der Waals surface area contributed by atoms with Crippen LogP contribution in [0.2, 0.25) is 0 Å². The van der Waals surface area contributed by atoms with E-state index in [0.29, 0.717) is 0 Å². The third kappa shape index (κ3) is 5.40. The first kappa shape index (κ1) is 29.0. The summed E-state index contributed by atoms with van der Waals surface area (Å²) in [6.45, 7) is 0. The quantitative estimate of drug-likeness (QED) is 0.162. The molecule has 1 aliphatic carbocycles.